The van der Waals surface area contributed by atoms with Gasteiger partial charge in [-0.25, -0.2) is 0 Å². The Kier molecular flexibility index (Phi) is 2.71. The molecule has 2 aromatic rings. The summed E-state index contributed by atoms with van der Waals surface area (Å²) in [5, 5.41) is 2.18. The van der Waals surface area contributed by atoms with Gasteiger partial charge in [0.2, 0.25) is 0 Å². The van der Waals surface area contributed by atoms with E-state index in [0.29, 0.717) is 0 Å². The van der Waals surface area contributed by atoms with Crippen LogP contribution < -0.4 is 0 Å². The zero-order valence-corrected chi connectivity index (χ0v) is 8.81. The molecule has 0 unspecified atom stereocenters. The van der Waals surface area contributed by atoms with Crippen LogP contribution in [0.5, 0.6) is 0 Å². The molecule has 0 atom stereocenters. The highest BCUT2D eigenvalue weighted by molar-refractivity contribution is 7.79. The van der Waals surface area contributed by atoms with Crippen LogP contribution in [0, 0.1) is 0 Å². The van der Waals surface area contributed by atoms with Gasteiger partial charge in [0, 0.05) is 10.6 Å². The summed E-state index contributed by atoms with van der Waals surface area (Å²) in [6.45, 7) is 0. The number of thiol groups is 1. The van der Waals surface area contributed by atoms with Crippen molar-refractivity contribution >= 4 is 24.0 Å². The molecule has 0 N–H and O–H groups in total. The second-order valence-electron chi connectivity index (χ2n) is 2.83. The maximum Gasteiger partial charge on any atom is 0.0248 e. The topological polar surface area (TPSA) is 0 Å². The van der Waals surface area contributed by atoms with Crippen molar-refractivity contribution in [2.45, 2.75) is 5.75 Å². The summed E-state index contributed by atoms with van der Waals surface area (Å²) in [7, 11) is 0. The molecule has 0 fully saturated rings. The average Bonchev–Trinajstić information content (AvgIpc) is 2.67. The maximum atomic E-state index is 4.25. The lowest BCUT2D eigenvalue weighted by molar-refractivity contribution is 1.56. The highest BCUT2D eigenvalue weighted by Crippen LogP contribution is 2.25. The van der Waals surface area contributed by atoms with Gasteiger partial charge < -0.3 is 0 Å². The summed E-state index contributed by atoms with van der Waals surface area (Å²) in [5.41, 5.74) is 2.58. The molecular formula is C11H10S2. The largest absolute Gasteiger partial charge is 0.174 e. The molecule has 0 saturated carbocycles. The minimum atomic E-state index is 0.831. The van der Waals surface area contributed by atoms with Crippen LogP contribution in [0.3, 0.4) is 0 Å². The summed E-state index contributed by atoms with van der Waals surface area (Å²) in [4.78, 5) is 1.32. The number of thiophene rings is 1. The van der Waals surface area contributed by atoms with Crippen molar-refractivity contribution in [2.75, 3.05) is 0 Å². The predicted molar refractivity (Wildman–Crippen MR) is 62.4 cm³/mol. The molecule has 1 aromatic heterocycles. The van der Waals surface area contributed by atoms with Crippen molar-refractivity contribution in [2.24, 2.45) is 0 Å². The van der Waals surface area contributed by atoms with Gasteiger partial charge in [0.15, 0.2) is 0 Å². The zero-order chi connectivity index (χ0) is 9.10. The molecule has 0 nitrogen and oxygen atoms in total. The van der Waals surface area contributed by atoms with Gasteiger partial charge in [-0.3, -0.25) is 0 Å². The molecule has 2 heteroatoms. The van der Waals surface area contributed by atoms with E-state index in [-0.39, 0.29) is 0 Å². The van der Waals surface area contributed by atoms with E-state index in [1.807, 2.05) is 6.07 Å². The van der Waals surface area contributed by atoms with Crippen molar-refractivity contribution in [1.82, 2.24) is 0 Å². The Balaban J connectivity index is 2.36. The van der Waals surface area contributed by atoms with Gasteiger partial charge in [0.25, 0.3) is 0 Å². The Morgan fingerprint density at radius 3 is 2.46 bits per heavy atom. The van der Waals surface area contributed by atoms with Crippen LogP contribution in [0.1, 0.15) is 4.88 Å². The lowest BCUT2D eigenvalue weighted by Crippen LogP contribution is -1.70. The van der Waals surface area contributed by atoms with Crippen LogP contribution >= 0.6 is 24.0 Å². The molecule has 0 bridgehead atoms. The molecular weight excluding hydrogens is 196 g/mol. The predicted octanol–water partition coefficient (Wildman–Crippen LogP) is 3.84. The fraction of sp³-hybridized carbons (Fsp3) is 0.0909. The molecule has 0 amide bonds. The van der Waals surface area contributed by atoms with Gasteiger partial charge in [0.1, 0.15) is 0 Å². The van der Waals surface area contributed by atoms with E-state index >= 15 is 0 Å². The SMILES string of the molecule is SCc1cc(-c2ccccc2)cs1. The van der Waals surface area contributed by atoms with Gasteiger partial charge in [-0.2, -0.15) is 12.6 Å². The molecule has 66 valence electrons. The van der Waals surface area contributed by atoms with Crippen LogP contribution in [-0.2, 0) is 5.75 Å². The van der Waals surface area contributed by atoms with Gasteiger partial charge in [0.05, 0.1) is 0 Å². The standard InChI is InChI=1S/C11H10S2/c12-7-11-6-10(8-13-11)9-4-2-1-3-5-9/h1-6,8,12H,7H2. The molecule has 13 heavy (non-hydrogen) atoms. The lowest BCUT2D eigenvalue weighted by atomic mass is 10.1. The lowest BCUT2D eigenvalue weighted by Gasteiger charge is -1.94. The van der Waals surface area contributed by atoms with Crippen LogP contribution in [0.4, 0.5) is 0 Å². The van der Waals surface area contributed by atoms with Crippen LogP contribution in [-0.4, -0.2) is 0 Å². The van der Waals surface area contributed by atoms with Crippen LogP contribution in [0.15, 0.2) is 41.8 Å². The third kappa shape index (κ3) is 1.95. The fourth-order valence-corrected chi connectivity index (χ4v) is 2.31. The third-order valence-corrected chi connectivity index (χ3v) is 3.41. The maximum absolute atomic E-state index is 4.25. The first-order valence-corrected chi connectivity index (χ1v) is 5.65. The van der Waals surface area contributed by atoms with Gasteiger partial charge >= 0.3 is 0 Å². The minimum Gasteiger partial charge on any atom is -0.174 e. The number of hydrogen-bond donors (Lipinski definition) is 1. The zero-order valence-electron chi connectivity index (χ0n) is 7.10. The Bertz CT molecular complexity index is 376. The van der Waals surface area contributed by atoms with E-state index in [4.69, 9.17) is 0 Å². The highest BCUT2D eigenvalue weighted by atomic mass is 32.1. The Morgan fingerprint density at radius 2 is 1.85 bits per heavy atom. The van der Waals surface area contributed by atoms with Crippen LogP contribution in [0.25, 0.3) is 11.1 Å². The van der Waals surface area contributed by atoms with Crippen molar-refractivity contribution in [3.05, 3.63) is 46.7 Å². The summed E-state index contributed by atoms with van der Waals surface area (Å²) in [5.74, 6) is 0.831. The Morgan fingerprint density at radius 1 is 1.08 bits per heavy atom. The monoisotopic (exact) mass is 206 g/mol. The third-order valence-electron chi connectivity index (χ3n) is 1.92. The molecule has 1 aromatic carbocycles. The van der Waals surface area contributed by atoms with Crippen LogP contribution in [0.2, 0.25) is 0 Å². The Hall–Kier alpha value is -0.730. The smallest absolute Gasteiger partial charge is 0.0248 e. The summed E-state index contributed by atoms with van der Waals surface area (Å²) in [6, 6.07) is 12.6. The van der Waals surface area contributed by atoms with Gasteiger partial charge in [-0.05, 0) is 22.6 Å². The van der Waals surface area contributed by atoms with E-state index in [1.165, 1.54) is 16.0 Å². The average molecular weight is 206 g/mol. The quantitative estimate of drug-likeness (QED) is 0.709. The van der Waals surface area contributed by atoms with Gasteiger partial charge in [-0.1, -0.05) is 30.3 Å². The molecule has 0 saturated heterocycles. The van der Waals surface area contributed by atoms with E-state index in [1.54, 1.807) is 11.3 Å². The summed E-state index contributed by atoms with van der Waals surface area (Å²) < 4.78 is 0. The molecule has 0 aliphatic carbocycles. The van der Waals surface area contributed by atoms with Crippen molar-refractivity contribution in [3.63, 3.8) is 0 Å². The number of benzene rings is 1. The second kappa shape index (κ2) is 3.99. The highest BCUT2D eigenvalue weighted by Gasteiger charge is 1.99. The van der Waals surface area contributed by atoms with Crippen molar-refractivity contribution in [1.29, 1.82) is 0 Å². The molecule has 0 spiro atoms. The molecule has 2 rings (SSSR count). The number of hydrogen-bond acceptors (Lipinski definition) is 2. The van der Waals surface area contributed by atoms with E-state index in [0.717, 1.165) is 5.75 Å². The molecule has 1 heterocycles. The van der Waals surface area contributed by atoms with E-state index in [9.17, 15) is 0 Å². The first kappa shape index (κ1) is 8.85. The van der Waals surface area contributed by atoms with E-state index < -0.39 is 0 Å². The van der Waals surface area contributed by atoms with E-state index in [2.05, 4.69) is 48.3 Å². The summed E-state index contributed by atoms with van der Waals surface area (Å²) >= 11 is 6.01. The van der Waals surface area contributed by atoms with Crippen molar-refractivity contribution < 1.29 is 0 Å². The molecule has 0 aliphatic heterocycles. The van der Waals surface area contributed by atoms with Crippen molar-refractivity contribution in [3.8, 4) is 11.1 Å². The molecule has 0 aliphatic rings. The first-order chi connectivity index (χ1) is 6.40. The first-order valence-electron chi connectivity index (χ1n) is 4.14. The van der Waals surface area contributed by atoms with Gasteiger partial charge in [-0.15, -0.1) is 11.3 Å². The number of rotatable bonds is 2. The minimum absolute atomic E-state index is 0.831. The fourth-order valence-electron chi connectivity index (χ4n) is 1.25. The normalized spacial score (nSPS) is 10.2. The summed E-state index contributed by atoms with van der Waals surface area (Å²) in [6.07, 6.45) is 0. The Labute approximate surface area is 87.6 Å². The molecule has 0 radical (unpaired) electrons. The second-order valence-corrected chi connectivity index (χ2v) is 4.14.